The van der Waals surface area contributed by atoms with E-state index < -0.39 is 12.5 Å². The lowest BCUT2D eigenvalue weighted by atomic mass is 10.3. The van der Waals surface area contributed by atoms with E-state index in [-0.39, 0.29) is 11.5 Å². The molecule has 1 rings (SSSR count). The molecule has 0 amide bonds. The lowest BCUT2D eigenvalue weighted by Crippen LogP contribution is -2.10. The van der Waals surface area contributed by atoms with Crippen LogP contribution in [0.3, 0.4) is 0 Å². The molecule has 12 heavy (non-hydrogen) atoms. The van der Waals surface area contributed by atoms with Crippen molar-refractivity contribution in [2.75, 3.05) is 0 Å². The average Bonchev–Trinajstić information content (AvgIpc) is 2.04. The Morgan fingerprint density at radius 3 is 2.67 bits per heavy atom. The number of nitrogens with zero attached hydrogens (tertiary/aromatic N) is 2. The summed E-state index contributed by atoms with van der Waals surface area (Å²) in [5.41, 5.74) is 5.13. The zero-order valence-electron chi connectivity index (χ0n) is 6.54. The Morgan fingerprint density at radius 2 is 2.17 bits per heavy atom. The van der Waals surface area contributed by atoms with Crippen molar-refractivity contribution < 1.29 is 8.78 Å². The zero-order valence-corrected chi connectivity index (χ0v) is 6.54. The second kappa shape index (κ2) is 3.53. The number of hydrogen-bond acceptors (Lipinski definition) is 3. The third kappa shape index (κ3) is 1.94. The molecule has 0 fully saturated rings. The van der Waals surface area contributed by atoms with Crippen LogP contribution in [0.15, 0.2) is 12.3 Å². The minimum Gasteiger partial charge on any atom is -0.322 e. The van der Waals surface area contributed by atoms with Crippen LogP contribution in [0.2, 0.25) is 0 Å². The van der Waals surface area contributed by atoms with E-state index in [1.165, 1.54) is 12.3 Å². The first-order chi connectivity index (χ1) is 5.61. The topological polar surface area (TPSA) is 51.8 Å². The number of alkyl halides is 2. The van der Waals surface area contributed by atoms with Crippen molar-refractivity contribution in [3.63, 3.8) is 0 Å². The molecule has 2 N–H and O–H groups in total. The van der Waals surface area contributed by atoms with E-state index in [4.69, 9.17) is 5.73 Å². The molecule has 66 valence electrons. The highest BCUT2D eigenvalue weighted by molar-refractivity contribution is 5.05. The van der Waals surface area contributed by atoms with E-state index in [1.807, 2.05) is 0 Å². The van der Waals surface area contributed by atoms with Crippen molar-refractivity contribution in [3.8, 4) is 0 Å². The van der Waals surface area contributed by atoms with Crippen LogP contribution in [0.4, 0.5) is 8.78 Å². The molecule has 0 spiro atoms. The molecule has 5 heteroatoms. The first kappa shape index (κ1) is 8.99. The molecule has 1 heterocycles. The third-order valence-corrected chi connectivity index (χ3v) is 1.33. The van der Waals surface area contributed by atoms with Gasteiger partial charge in [0.25, 0.3) is 6.43 Å². The fourth-order valence-electron chi connectivity index (χ4n) is 0.729. The van der Waals surface area contributed by atoms with Gasteiger partial charge in [-0.25, -0.2) is 18.7 Å². The van der Waals surface area contributed by atoms with Gasteiger partial charge >= 0.3 is 0 Å². The van der Waals surface area contributed by atoms with Crippen molar-refractivity contribution in [3.05, 3.63) is 23.8 Å². The summed E-state index contributed by atoms with van der Waals surface area (Å²) < 4.78 is 24.2. The lowest BCUT2D eigenvalue weighted by molar-refractivity contribution is 0.145. The van der Waals surface area contributed by atoms with E-state index in [0.29, 0.717) is 0 Å². The van der Waals surface area contributed by atoms with Gasteiger partial charge in [0.15, 0.2) is 0 Å². The summed E-state index contributed by atoms with van der Waals surface area (Å²) in [7, 11) is 0. The van der Waals surface area contributed by atoms with Crippen LogP contribution in [0, 0.1) is 0 Å². The predicted molar refractivity (Wildman–Crippen MR) is 39.6 cm³/mol. The molecule has 1 aromatic heterocycles. The maximum Gasteiger partial charge on any atom is 0.280 e. The molecular weight excluding hydrogens is 164 g/mol. The van der Waals surface area contributed by atoms with Crippen LogP contribution in [0.1, 0.15) is 30.9 Å². The Labute approximate surface area is 68.6 Å². The minimum absolute atomic E-state index is 0.243. The molecule has 3 nitrogen and oxygen atoms in total. The largest absolute Gasteiger partial charge is 0.322 e. The van der Waals surface area contributed by atoms with Gasteiger partial charge in [0.2, 0.25) is 0 Å². The predicted octanol–water partition coefficient (Wildman–Crippen LogP) is 1.43. The summed E-state index contributed by atoms with van der Waals surface area (Å²) in [5, 5.41) is 0. The maximum atomic E-state index is 12.1. The van der Waals surface area contributed by atoms with Gasteiger partial charge in [0.1, 0.15) is 11.5 Å². The van der Waals surface area contributed by atoms with Gasteiger partial charge in [-0.3, -0.25) is 0 Å². The molecular formula is C7H9F2N3. The summed E-state index contributed by atoms with van der Waals surface area (Å²) >= 11 is 0. The van der Waals surface area contributed by atoms with Crippen LogP contribution in [-0.2, 0) is 0 Å². The van der Waals surface area contributed by atoms with Gasteiger partial charge < -0.3 is 5.73 Å². The first-order valence-electron chi connectivity index (χ1n) is 3.48. The number of rotatable bonds is 2. The SMILES string of the molecule is CC(N)c1nccc(C(F)F)n1. The number of halogens is 2. The molecule has 0 aliphatic heterocycles. The number of hydrogen-bond donors (Lipinski definition) is 1. The summed E-state index contributed by atoms with van der Waals surface area (Å²) in [5.74, 6) is 0.243. The van der Waals surface area contributed by atoms with E-state index in [1.54, 1.807) is 6.92 Å². The Morgan fingerprint density at radius 1 is 1.50 bits per heavy atom. The van der Waals surface area contributed by atoms with Crippen LogP contribution in [-0.4, -0.2) is 9.97 Å². The van der Waals surface area contributed by atoms with Gasteiger partial charge in [0, 0.05) is 6.20 Å². The molecule has 0 aromatic carbocycles. The Hall–Kier alpha value is -1.10. The quantitative estimate of drug-likeness (QED) is 0.736. The van der Waals surface area contributed by atoms with Crippen molar-refractivity contribution in [1.82, 2.24) is 9.97 Å². The van der Waals surface area contributed by atoms with Crippen LogP contribution >= 0.6 is 0 Å². The van der Waals surface area contributed by atoms with Gasteiger partial charge in [-0.2, -0.15) is 0 Å². The summed E-state index contributed by atoms with van der Waals surface area (Å²) in [6.07, 6.45) is -1.28. The standard InChI is InChI=1S/C7H9F2N3/c1-4(10)7-11-3-2-5(12-7)6(8)9/h2-4,6H,10H2,1H3. The molecule has 0 saturated heterocycles. The molecule has 1 unspecified atom stereocenters. The van der Waals surface area contributed by atoms with E-state index in [2.05, 4.69) is 9.97 Å². The van der Waals surface area contributed by atoms with Crippen molar-refractivity contribution in [2.24, 2.45) is 5.73 Å². The highest BCUT2D eigenvalue weighted by Crippen LogP contribution is 2.16. The second-order valence-electron chi connectivity index (χ2n) is 2.43. The molecule has 1 atom stereocenters. The monoisotopic (exact) mass is 173 g/mol. The van der Waals surface area contributed by atoms with E-state index >= 15 is 0 Å². The third-order valence-electron chi connectivity index (χ3n) is 1.33. The Bertz CT molecular complexity index is 239. The van der Waals surface area contributed by atoms with E-state index in [9.17, 15) is 8.78 Å². The fraction of sp³-hybridized carbons (Fsp3) is 0.429. The minimum atomic E-state index is -2.56. The van der Waals surface area contributed by atoms with Gasteiger partial charge in [-0.05, 0) is 13.0 Å². The van der Waals surface area contributed by atoms with Gasteiger partial charge in [-0.1, -0.05) is 0 Å². The first-order valence-corrected chi connectivity index (χ1v) is 3.48. The molecule has 0 aliphatic carbocycles. The summed E-state index contributed by atoms with van der Waals surface area (Å²) in [6, 6.07) is 0.764. The summed E-state index contributed by atoms with van der Waals surface area (Å²) in [6.45, 7) is 1.64. The summed E-state index contributed by atoms with van der Waals surface area (Å²) in [4.78, 5) is 7.34. The number of aromatic nitrogens is 2. The Balaban J connectivity index is 2.96. The fourth-order valence-corrected chi connectivity index (χ4v) is 0.729. The molecule has 0 radical (unpaired) electrons. The zero-order chi connectivity index (χ0) is 9.14. The van der Waals surface area contributed by atoms with Crippen LogP contribution in [0.25, 0.3) is 0 Å². The molecule has 0 aliphatic rings. The molecule has 0 saturated carbocycles. The number of nitrogens with two attached hydrogens (primary N) is 1. The Kier molecular flexibility index (Phi) is 2.65. The smallest absolute Gasteiger partial charge is 0.280 e. The molecule has 1 aromatic rings. The van der Waals surface area contributed by atoms with Crippen LogP contribution < -0.4 is 5.73 Å². The lowest BCUT2D eigenvalue weighted by Gasteiger charge is -2.04. The normalized spacial score (nSPS) is 13.4. The maximum absolute atomic E-state index is 12.1. The highest BCUT2D eigenvalue weighted by Gasteiger charge is 2.10. The van der Waals surface area contributed by atoms with E-state index in [0.717, 1.165) is 0 Å². The highest BCUT2D eigenvalue weighted by atomic mass is 19.3. The molecule has 0 bridgehead atoms. The van der Waals surface area contributed by atoms with Crippen LogP contribution in [0.5, 0.6) is 0 Å². The van der Waals surface area contributed by atoms with Gasteiger partial charge in [0.05, 0.1) is 6.04 Å². The van der Waals surface area contributed by atoms with Crippen molar-refractivity contribution in [2.45, 2.75) is 19.4 Å². The average molecular weight is 173 g/mol. The van der Waals surface area contributed by atoms with Gasteiger partial charge in [-0.15, -0.1) is 0 Å². The van der Waals surface area contributed by atoms with Crippen molar-refractivity contribution in [1.29, 1.82) is 0 Å². The second-order valence-corrected chi connectivity index (χ2v) is 2.43. The van der Waals surface area contributed by atoms with Crippen molar-refractivity contribution >= 4 is 0 Å².